The van der Waals surface area contributed by atoms with E-state index in [1.165, 1.54) is 58.3 Å². The van der Waals surface area contributed by atoms with Crippen molar-refractivity contribution in [1.82, 2.24) is 14.7 Å². The molecule has 3 atom stereocenters. The summed E-state index contributed by atoms with van der Waals surface area (Å²) in [5.41, 5.74) is 6.58. The second kappa shape index (κ2) is 5.32. The summed E-state index contributed by atoms with van der Waals surface area (Å²) in [5, 5.41) is 0. The van der Waals surface area contributed by atoms with Crippen molar-refractivity contribution in [3.63, 3.8) is 0 Å². The quantitative estimate of drug-likeness (QED) is 0.810. The Labute approximate surface area is 117 Å². The van der Waals surface area contributed by atoms with Gasteiger partial charge >= 0.3 is 0 Å². The fourth-order valence-corrected chi connectivity index (χ4v) is 4.72. The number of likely N-dealkylation sites (tertiary alicyclic amines) is 1. The lowest BCUT2D eigenvalue weighted by molar-refractivity contribution is 0.0180. The van der Waals surface area contributed by atoms with E-state index >= 15 is 0 Å². The Morgan fingerprint density at radius 1 is 1.16 bits per heavy atom. The van der Waals surface area contributed by atoms with Gasteiger partial charge in [-0.05, 0) is 59.3 Å². The molecule has 0 aromatic carbocycles. The number of hydrogen-bond donors (Lipinski definition) is 1. The van der Waals surface area contributed by atoms with Crippen LogP contribution in [0.3, 0.4) is 0 Å². The van der Waals surface area contributed by atoms with Crippen LogP contribution in [0.1, 0.15) is 32.1 Å². The van der Waals surface area contributed by atoms with E-state index in [1.807, 2.05) is 0 Å². The number of rotatable bonds is 3. The third kappa shape index (κ3) is 2.23. The second-order valence-electron chi connectivity index (χ2n) is 6.96. The first-order chi connectivity index (χ1) is 9.17. The maximum Gasteiger partial charge on any atom is 0.0499 e. The minimum atomic E-state index is 0.283. The summed E-state index contributed by atoms with van der Waals surface area (Å²) in [6.07, 6.45) is 6.70. The first-order valence-corrected chi connectivity index (χ1v) is 8.03. The number of hydrogen-bond acceptors (Lipinski definition) is 4. The fraction of sp³-hybridized carbons (Fsp3) is 1.00. The van der Waals surface area contributed by atoms with E-state index in [-0.39, 0.29) is 5.54 Å². The van der Waals surface area contributed by atoms with Gasteiger partial charge < -0.3 is 10.6 Å². The third-order valence-electron chi connectivity index (χ3n) is 5.93. The highest BCUT2D eigenvalue weighted by atomic mass is 15.3. The SMILES string of the molecule is CN(C)C1CCCN(C2(CN)CCN3CCCC32)C1. The molecule has 4 nitrogen and oxygen atoms in total. The summed E-state index contributed by atoms with van der Waals surface area (Å²) in [6.45, 7) is 5.89. The summed E-state index contributed by atoms with van der Waals surface area (Å²) in [6, 6.07) is 1.45. The van der Waals surface area contributed by atoms with Crippen LogP contribution in [0.4, 0.5) is 0 Å². The van der Waals surface area contributed by atoms with Crippen LogP contribution in [0.5, 0.6) is 0 Å². The van der Waals surface area contributed by atoms with Gasteiger partial charge in [-0.3, -0.25) is 9.80 Å². The molecular weight excluding hydrogens is 236 g/mol. The van der Waals surface area contributed by atoms with E-state index < -0.39 is 0 Å². The Hall–Kier alpha value is -0.160. The monoisotopic (exact) mass is 266 g/mol. The lowest BCUT2D eigenvalue weighted by Gasteiger charge is -2.49. The molecule has 0 spiro atoms. The van der Waals surface area contributed by atoms with Crippen LogP contribution in [0.2, 0.25) is 0 Å². The maximum absolute atomic E-state index is 6.30. The first-order valence-electron chi connectivity index (χ1n) is 8.03. The highest BCUT2D eigenvalue weighted by Crippen LogP contribution is 2.40. The van der Waals surface area contributed by atoms with Crippen molar-refractivity contribution >= 4 is 0 Å². The Bertz CT molecular complexity index is 319. The standard InChI is InChI=1S/C15H30N4/c1-17(2)13-5-3-9-19(11-13)15(12-16)7-10-18-8-4-6-14(15)18/h13-14H,3-12,16H2,1-2H3. The molecule has 3 unspecified atom stereocenters. The minimum Gasteiger partial charge on any atom is -0.329 e. The van der Waals surface area contributed by atoms with Gasteiger partial charge in [-0.2, -0.15) is 0 Å². The molecule has 0 radical (unpaired) electrons. The Balaban J connectivity index is 1.78. The van der Waals surface area contributed by atoms with Crippen molar-refractivity contribution in [3.05, 3.63) is 0 Å². The van der Waals surface area contributed by atoms with Gasteiger partial charge in [-0.15, -0.1) is 0 Å². The van der Waals surface area contributed by atoms with Crippen molar-refractivity contribution in [2.75, 3.05) is 46.8 Å². The molecule has 110 valence electrons. The van der Waals surface area contributed by atoms with Crippen LogP contribution in [0, 0.1) is 0 Å². The molecule has 0 amide bonds. The molecule has 0 bridgehead atoms. The van der Waals surface area contributed by atoms with Gasteiger partial charge in [-0.25, -0.2) is 0 Å². The van der Waals surface area contributed by atoms with Crippen molar-refractivity contribution in [2.45, 2.75) is 49.7 Å². The topological polar surface area (TPSA) is 35.7 Å². The van der Waals surface area contributed by atoms with Crippen LogP contribution >= 0.6 is 0 Å². The predicted molar refractivity (Wildman–Crippen MR) is 79.3 cm³/mol. The molecule has 3 aliphatic heterocycles. The average Bonchev–Trinajstić information content (AvgIpc) is 3.01. The van der Waals surface area contributed by atoms with Crippen molar-refractivity contribution < 1.29 is 0 Å². The first kappa shape index (κ1) is 13.8. The Morgan fingerprint density at radius 3 is 2.68 bits per heavy atom. The lowest BCUT2D eigenvalue weighted by atomic mass is 9.84. The number of nitrogens with zero attached hydrogens (tertiary/aromatic N) is 3. The molecule has 3 saturated heterocycles. The molecule has 0 saturated carbocycles. The highest BCUT2D eigenvalue weighted by molar-refractivity contribution is 5.10. The summed E-state index contributed by atoms with van der Waals surface area (Å²) in [4.78, 5) is 7.86. The zero-order valence-electron chi connectivity index (χ0n) is 12.6. The van der Waals surface area contributed by atoms with E-state index in [0.29, 0.717) is 6.04 Å². The summed E-state index contributed by atoms with van der Waals surface area (Å²) < 4.78 is 0. The molecule has 0 aliphatic carbocycles. The Kier molecular flexibility index (Phi) is 3.87. The smallest absolute Gasteiger partial charge is 0.0499 e. The average molecular weight is 266 g/mol. The lowest BCUT2D eigenvalue weighted by Crippen LogP contribution is -2.63. The third-order valence-corrected chi connectivity index (χ3v) is 5.93. The van der Waals surface area contributed by atoms with Crippen molar-refractivity contribution in [2.24, 2.45) is 5.73 Å². The van der Waals surface area contributed by atoms with Crippen molar-refractivity contribution in [1.29, 1.82) is 0 Å². The largest absolute Gasteiger partial charge is 0.329 e. The van der Waals surface area contributed by atoms with Gasteiger partial charge in [0.25, 0.3) is 0 Å². The molecule has 3 aliphatic rings. The summed E-state index contributed by atoms with van der Waals surface area (Å²) in [5.74, 6) is 0. The molecule has 2 N–H and O–H groups in total. The molecular formula is C15H30N4. The molecule has 0 aromatic rings. The van der Waals surface area contributed by atoms with Crippen LogP contribution in [0.15, 0.2) is 0 Å². The van der Waals surface area contributed by atoms with Gasteiger partial charge in [0.2, 0.25) is 0 Å². The normalized spacial score (nSPS) is 41.1. The van der Waals surface area contributed by atoms with Crippen LogP contribution in [-0.4, -0.2) is 79.1 Å². The fourth-order valence-electron chi connectivity index (χ4n) is 4.72. The van der Waals surface area contributed by atoms with E-state index in [4.69, 9.17) is 5.73 Å². The van der Waals surface area contributed by atoms with Crippen LogP contribution in [-0.2, 0) is 0 Å². The van der Waals surface area contributed by atoms with E-state index in [9.17, 15) is 0 Å². The number of fused-ring (bicyclic) bond motifs is 1. The van der Waals surface area contributed by atoms with Gasteiger partial charge in [0.15, 0.2) is 0 Å². The van der Waals surface area contributed by atoms with Gasteiger partial charge in [0, 0.05) is 37.3 Å². The van der Waals surface area contributed by atoms with Gasteiger partial charge in [0.1, 0.15) is 0 Å². The van der Waals surface area contributed by atoms with Crippen molar-refractivity contribution in [3.8, 4) is 0 Å². The number of piperidine rings is 1. The van der Waals surface area contributed by atoms with Crippen LogP contribution < -0.4 is 5.73 Å². The molecule has 3 heterocycles. The zero-order valence-corrected chi connectivity index (χ0v) is 12.6. The minimum absolute atomic E-state index is 0.283. The molecule has 0 aromatic heterocycles. The van der Waals surface area contributed by atoms with Gasteiger partial charge in [-0.1, -0.05) is 0 Å². The molecule has 3 fully saturated rings. The van der Waals surface area contributed by atoms with E-state index in [0.717, 1.165) is 12.6 Å². The summed E-state index contributed by atoms with van der Waals surface area (Å²) >= 11 is 0. The van der Waals surface area contributed by atoms with Gasteiger partial charge in [0.05, 0.1) is 0 Å². The second-order valence-corrected chi connectivity index (χ2v) is 6.96. The predicted octanol–water partition coefficient (Wildman–Crippen LogP) is 0.578. The molecule has 19 heavy (non-hydrogen) atoms. The summed E-state index contributed by atoms with van der Waals surface area (Å²) in [7, 11) is 4.44. The van der Waals surface area contributed by atoms with Crippen LogP contribution in [0.25, 0.3) is 0 Å². The van der Waals surface area contributed by atoms with E-state index in [2.05, 4.69) is 28.8 Å². The van der Waals surface area contributed by atoms with E-state index in [1.54, 1.807) is 0 Å². The maximum atomic E-state index is 6.30. The molecule has 3 rings (SSSR count). The highest BCUT2D eigenvalue weighted by Gasteiger charge is 2.52. The zero-order chi connectivity index (χ0) is 13.5. The Morgan fingerprint density at radius 2 is 1.95 bits per heavy atom. The number of likely N-dealkylation sites (N-methyl/N-ethyl adjacent to an activating group) is 1. The number of nitrogens with two attached hydrogens (primary N) is 1. The molecule has 4 heteroatoms.